The van der Waals surface area contributed by atoms with Crippen LogP contribution in [0.15, 0.2) is 26.0 Å². The van der Waals surface area contributed by atoms with E-state index in [0.717, 1.165) is 0 Å². The molecule has 0 atom stereocenters. The average Bonchev–Trinajstić information content (AvgIpc) is 2.83. The Morgan fingerprint density at radius 2 is 2.36 bits per heavy atom. The SMILES string of the molecule is Nc1occ2oc(-c3cscn3)nc12. The topological polar surface area (TPSA) is 78.1 Å². The lowest BCUT2D eigenvalue weighted by Gasteiger charge is -1.84. The van der Waals surface area contributed by atoms with Crippen LogP contribution in [0, 0.1) is 0 Å². The van der Waals surface area contributed by atoms with E-state index < -0.39 is 0 Å². The lowest BCUT2D eigenvalue weighted by Crippen LogP contribution is -1.81. The molecule has 0 saturated heterocycles. The summed E-state index contributed by atoms with van der Waals surface area (Å²) in [7, 11) is 0. The molecule has 0 saturated carbocycles. The number of nitrogens with zero attached hydrogens (tertiary/aromatic N) is 2. The fourth-order valence-corrected chi connectivity index (χ4v) is 1.71. The second-order valence-electron chi connectivity index (χ2n) is 2.71. The molecule has 2 N–H and O–H groups in total. The number of fused-ring (bicyclic) bond motifs is 1. The fourth-order valence-electron chi connectivity index (χ4n) is 1.19. The Morgan fingerprint density at radius 1 is 1.43 bits per heavy atom. The van der Waals surface area contributed by atoms with E-state index in [-0.39, 0.29) is 5.88 Å². The van der Waals surface area contributed by atoms with Gasteiger partial charge in [0.1, 0.15) is 12.0 Å². The standard InChI is InChI=1S/C8H5N3O2S/c9-7-6-5(1-12-7)13-8(11-6)4-2-14-3-10-4/h1-3H,9H2. The van der Waals surface area contributed by atoms with Crippen LogP contribution in [-0.4, -0.2) is 9.97 Å². The van der Waals surface area contributed by atoms with Crippen molar-refractivity contribution in [2.45, 2.75) is 0 Å². The smallest absolute Gasteiger partial charge is 0.247 e. The molecule has 3 rings (SSSR count). The van der Waals surface area contributed by atoms with Crippen LogP contribution in [0.25, 0.3) is 22.7 Å². The highest BCUT2D eigenvalue weighted by atomic mass is 32.1. The Hall–Kier alpha value is -1.82. The summed E-state index contributed by atoms with van der Waals surface area (Å²) in [5, 5.41) is 1.86. The van der Waals surface area contributed by atoms with Crippen LogP contribution in [0.4, 0.5) is 5.88 Å². The normalized spacial score (nSPS) is 11.1. The predicted octanol–water partition coefficient (Wildman–Crippen LogP) is 2.13. The number of nitrogens with two attached hydrogens (primary N) is 1. The Bertz CT molecular complexity index is 566. The molecule has 0 aliphatic heterocycles. The summed E-state index contributed by atoms with van der Waals surface area (Å²) < 4.78 is 10.3. The number of oxazole rings is 1. The quantitative estimate of drug-likeness (QED) is 0.661. The van der Waals surface area contributed by atoms with Crippen molar-refractivity contribution < 1.29 is 8.83 Å². The number of thiazole rings is 1. The average molecular weight is 207 g/mol. The van der Waals surface area contributed by atoms with Crippen molar-refractivity contribution in [3.63, 3.8) is 0 Å². The van der Waals surface area contributed by atoms with Gasteiger partial charge in [-0.2, -0.15) is 0 Å². The first kappa shape index (κ1) is 7.57. The van der Waals surface area contributed by atoms with Crippen molar-refractivity contribution in [3.8, 4) is 11.6 Å². The number of furan rings is 1. The van der Waals surface area contributed by atoms with E-state index in [1.54, 1.807) is 5.51 Å². The summed E-state index contributed by atoms with van der Waals surface area (Å²) in [5.41, 5.74) is 9.07. The lowest BCUT2D eigenvalue weighted by atomic mass is 10.5. The van der Waals surface area contributed by atoms with Crippen molar-refractivity contribution in [2.24, 2.45) is 0 Å². The van der Waals surface area contributed by atoms with Crippen LogP contribution in [0.1, 0.15) is 0 Å². The van der Waals surface area contributed by atoms with Crippen LogP contribution in [0.5, 0.6) is 0 Å². The van der Waals surface area contributed by atoms with E-state index in [1.807, 2.05) is 5.38 Å². The van der Waals surface area contributed by atoms with E-state index in [0.29, 0.717) is 22.7 Å². The zero-order valence-corrected chi connectivity index (χ0v) is 7.75. The minimum atomic E-state index is 0.269. The first-order valence-electron chi connectivity index (χ1n) is 3.86. The molecule has 0 spiro atoms. The van der Waals surface area contributed by atoms with Gasteiger partial charge in [0.25, 0.3) is 0 Å². The number of nitrogen functional groups attached to an aromatic ring is 1. The van der Waals surface area contributed by atoms with Gasteiger partial charge in [0.05, 0.1) is 5.51 Å². The molecule has 0 amide bonds. The van der Waals surface area contributed by atoms with Crippen molar-refractivity contribution in [1.82, 2.24) is 9.97 Å². The summed E-state index contributed by atoms with van der Waals surface area (Å²) >= 11 is 1.49. The maximum atomic E-state index is 5.54. The number of anilines is 1. The predicted molar refractivity (Wildman–Crippen MR) is 51.8 cm³/mol. The molecule has 70 valence electrons. The molecule has 0 fully saturated rings. The largest absolute Gasteiger partial charge is 0.443 e. The Balaban J connectivity index is 2.24. The van der Waals surface area contributed by atoms with Gasteiger partial charge in [-0.25, -0.2) is 9.97 Å². The first-order valence-corrected chi connectivity index (χ1v) is 4.81. The van der Waals surface area contributed by atoms with E-state index in [1.165, 1.54) is 17.6 Å². The maximum absolute atomic E-state index is 5.54. The monoisotopic (exact) mass is 207 g/mol. The first-order chi connectivity index (χ1) is 6.84. The van der Waals surface area contributed by atoms with E-state index >= 15 is 0 Å². The highest BCUT2D eigenvalue weighted by Gasteiger charge is 2.14. The van der Waals surface area contributed by atoms with Crippen molar-refractivity contribution in [1.29, 1.82) is 0 Å². The molecule has 3 heterocycles. The van der Waals surface area contributed by atoms with Crippen LogP contribution < -0.4 is 5.73 Å². The molecule has 5 nitrogen and oxygen atoms in total. The Labute approximate surface area is 82.2 Å². The second kappa shape index (κ2) is 2.58. The lowest BCUT2D eigenvalue weighted by molar-refractivity contribution is 0.560. The van der Waals surface area contributed by atoms with Crippen LogP contribution in [-0.2, 0) is 0 Å². The highest BCUT2D eigenvalue weighted by molar-refractivity contribution is 7.07. The third kappa shape index (κ3) is 0.942. The molecule has 0 unspecified atom stereocenters. The molecule has 3 aromatic heterocycles. The van der Waals surface area contributed by atoms with Gasteiger partial charge in [0.2, 0.25) is 11.8 Å². The fraction of sp³-hybridized carbons (Fsp3) is 0. The van der Waals surface area contributed by atoms with Crippen LogP contribution >= 0.6 is 11.3 Å². The minimum Gasteiger partial charge on any atom is -0.443 e. The third-order valence-electron chi connectivity index (χ3n) is 1.83. The third-order valence-corrected chi connectivity index (χ3v) is 2.42. The van der Waals surface area contributed by atoms with Gasteiger partial charge in [-0.15, -0.1) is 11.3 Å². The number of rotatable bonds is 1. The highest BCUT2D eigenvalue weighted by Crippen LogP contribution is 2.28. The van der Waals surface area contributed by atoms with Crippen molar-refractivity contribution >= 4 is 28.3 Å². The van der Waals surface area contributed by atoms with Crippen LogP contribution in [0.3, 0.4) is 0 Å². The van der Waals surface area contributed by atoms with Gasteiger partial charge in [-0.05, 0) is 0 Å². The molecule has 3 aromatic rings. The molecule has 0 aromatic carbocycles. The van der Waals surface area contributed by atoms with Crippen LogP contribution in [0.2, 0.25) is 0 Å². The summed E-state index contributed by atoms with van der Waals surface area (Å²) in [5.74, 6) is 0.740. The van der Waals surface area contributed by atoms with Gasteiger partial charge >= 0.3 is 0 Å². The van der Waals surface area contributed by atoms with Gasteiger partial charge in [0, 0.05) is 5.38 Å². The zero-order valence-electron chi connectivity index (χ0n) is 6.93. The maximum Gasteiger partial charge on any atom is 0.247 e. The van der Waals surface area contributed by atoms with Crippen molar-refractivity contribution in [2.75, 3.05) is 5.73 Å². The number of hydrogen-bond donors (Lipinski definition) is 1. The molecule has 0 aliphatic rings. The second-order valence-corrected chi connectivity index (χ2v) is 3.42. The molecular formula is C8H5N3O2S. The molecular weight excluding hydrogens is 202 g/mol. The Morgan fingerprint density at radius 3 is 3.07 bits per heavy atom. The van der Waals surface area contributed by atoms with Gasteiger partial charge < -0.3 is 14.6 Å². The number of hydrogen-bond acceptors (Lipinski definition) is 6. The van der Waals surface area contributed by atoms with Crippen molar-refractivity contribution in [3.05, 3.63) is 17.2 Å². The summed E-state index contributed by atoms with van der Waals surface area (Å²) in [6.45, 7) is 0. The molecule has 14 heavy (non-hydrogen) atoms. The molecule has 0 bridgehead atoms. The summed E-state index contributed by atoms with van der Waals surface area (Å²) in [6.07, 6.45) is 1.44. The molecule has 0 radical (unpaired) electrons. The minimum absolute atomic E-state index is 0.269. The molecule has 6 heteroatoms. The number of aromatic nitrogens is 2. The van der Waals surface area contributed by atoms with E-state index in [9.17, 15) is 0 Å². The van der Waals surface area contributed by atoms with E-state index in [4.69, 9.17) is 14.6 Å². The van der Waals surface area contributed by atoms with Gasteiger partial charge in [0.15, 0.2) is 11.1 Å². The van der Waals surface area contributed by atoms with E-state index in [2.05, 4.69) is 9.97 Å². The van der Waals surface area contributed by atoms with Gasteiger partial charge in [-0.1, -0.05) is 0 Å². The van der Waals surface area contributed by atoms with Gasteiger partial charge in [-0.3, -0.25) is 0 Å². The zero-order chi connectivity index (χ0) is 9.54. The molecule has 0 aliphatic carbocycles. The summed E-state index contributed by atoms with van der Waals surface area (Å²) in [6, 6.07) is 0. The Kier molecular flexibility index (Phi) is 1.40. The summed E-state index contributed by atoms with van der Waals surface area (Å²) in [4.78, 5) is 8.26.